The van der Waals surface area contributed by atoms with Gasteiger partial charge in [-0.05, 0) is 30.7 Å². The van der Waals surface area contributed by atoms with Crippen LogP contribution in [-0.2, 0) is 6.42 Å². The maximum atomic E-state index is 5.49. The highest BCUT2D eigenvalue weighted by Gasteiger charge is 2.16. The van der Waals surface area contributed by atoms with Crippen LogP contribution in [0.5, 0.6) is 5.75 Å². The number of benzene rings is 1. The summed E-state index contributed by atoms with van der Waals surface area (Å²) in [4.78, 5) is 4.41. The van der Waals surface area contributed by atoms with Crippen LogP contribution < -0.4 is 10.1 Å². The summed E-state index contributed by atoms with van der Waals surface area (Å²) < 4.78 is 11.0. The minimum Gasteiger partial charge on any atom is -0.493 e. The Bertz CT molecular complexity index is 561. The molecule has 2 heterocycles. The van der Waals surface area contributed by atoms with E-state index in [2.05, 4.69) is 16.4 Å². The van der Waals surface area contributed by atoms with Crippen LogP contribution in [0.1, 0.15) is 11.3 Å². The molecule has 0 amide bonds. The van der Waals surface area contributed by atoms with Gasteiger partial charge in [-0.2, -0.15) is 4.98 Å². The first-order valence-corrected chi connectivity index (χ1v) is 5.69. The molecule has 1 aromatic carbocycles. The van der Waals surface area contributed by atoms with Crippen LogP contribution in [0.25, 0.3) is 11.3 Å². The quantitative estimate of drug-likeness (QED) is 0.861. The van der Waals surface area contributed by atoms with Crippen LogP contribution in [0, 0.1) is 6.92 Å². The minimum absolute atomic E-state index is 0.550. The van der Waals surface area contributed by atoms with Gasteiger partial charge in [0.15, 0.2) is 0 Å². The first-order chi connectivity index (χ1) is 8.28. The van der Waals surface area contributed by atoms with Gasteiger partial charge in [-0.3, -0.25) is 0 Å². The van der Waals surface area contributed by atoms with Gasteiger partial charge in [-0.1, -0.05) is 0 Å². The smallest absolute Gasteiger partial charge is 0.295 e. The summed E-state index contributed by atoms with van der Waals surface area (Å²) in [7, 11) is 1.80. The Balaban J connectivity index is 2.06. The monoisotopic (exact) mass is 230 g/mol. The number of oxazole rings is 1. The number of fused-ring (bicyclic) bond motifs is 1. The van der Waals surface area contributed by atoms with Crippen LogP contribution in [0.15, 0.2) is 22.6 Å². The first-order valence-electron chi connectivity index (χ1n) is 5.69. The van der Waals surface area contributed by atoms with Crippen molar-refractivity contribution in [2.75, 3.05) is 19.0 Å². The van der Waals surface area contributed by atoms with Crippen molar-refractivity contribution >= 4 is 6.01 Å². The highest BCUT2D eigenvalue weighted by Crippen LogP contribution is 2.32. The lowest BCUT2D eigenvalue weighted by Gasteiger charge is -2.01. The van der Waals surface area contributed by atoms with Gasteiger partial charge in [0.2, 0.25) is 0 Å². The van der Waals surface area contributed by atoms with E-state index in [1.54, 1.807) is 7.05 Å². The van der Waals surface area contributed by atoms with Crippen LogP contribution in [0.3, 0.4) is 0 Å². The highest BCUT2D eigenvalue weighted by atomic mass is 16.5. The third kappa shape index (κ3) is 1.65. The summed E-state index contributed by atoms with van der Waals surface area (Å²) in [5, 5.41) is 2.91. The molecule has 4 heteroatoms. The van der Waals surface area contributed by atoms with Gasteiger partial charge < -0.3 is 14.5 Å². The Morgan fingerprint density at radius 1 is 1.35 bits per heavy atom. The zero-order valence-electron chi connectivity index (χ0n) is 9.91. The Hall–Kier alpha value is -1.97. The molecule has 0 spiro atoms. The molecule has 0 unspecified atom stereocenters. The number of nitrogens with one attached hydrogen (secondary N) is 1. The second-order valence-corrected chi connectivity index (χ2v) is 4.09. The van der Waals surface area contributed by atoms with E-state index in [1.165, 1.54) is 5.56 Å². The standard InChI is InChI=1S/C13H14N2O2/c1-8-12(15-13(14-2)17-8)10-3-4-11-9(7-10)5-6-16-11/h3-4,7H,5-6H2,1-2H3,(H,14,15). The van der Waals surface area contributed by atoms with E-state index in [4.69, 9.17) is 9.15 Å². The fraction of sp³-hybridized carbons (Fsp3) is 0.308. The van der Waals surface area contributed by atoms with E-state index in [9.17, 15) is 0 Å². The van der Waals surface area contributed by atoms with E-state index in [-0.39, 0.29) is 0 Å². The molecule has 0 saturated carbocycles. The minimum atomic E-state index is 0.550. The average Bonchev–Trinajstić information content (AvgIpc) is 2.93. The number of hydrogen-bond donors (Lipinski definition) is 1. The summed E-state index contributed by atoms with van der Waals surface area (Å²) >= 11 is 0. The molecule has 1 aromatic heterocycles. The lowest BCUT2D eigenvalue weighted by molar-refractivity contribution is 0.357. The van der Waals surface area contributed by atoms with Crippen LogP contribution in [0.4, 0.5) is 6.01 Å². The number of aryl methyl sites for hydroxylation is 1. The highest BCUT2D eigenvalue weighted by molar-refractivity contribution is 5.65. The van der Waals surface area contributed by atoms with E-state index < -0.39 is 0 Å². The summed E-state index contributed by atoms with van der Waals surface area (Å²) in [6.45, 7) is 2.70. The van der Waals surface area contributed by atoms with Gasteiger partial charge in [0.05, 0.1) is 6.61 Å². The Labute approximate surface area is 99.6 Å². The fourth-order valence-electron chi connectivity index (χ4n) is 2.11. The fourth-order valence-corrected chi connectivity index (χ4v) is 2.11. The summed E-state index contributed by atoms with van der Waals surface area (Å²) in [5.74, 6) is 1.82. The van der Waals surface area contributed by atoms with Crippen molar-refractivity contribution in [2.45, 2.75) is 13.3 Å². The zero-order chi connectivity index (χ0) is 11.8. The van der Waals surface area contributed by atoms with E-state index in [0.717, 1.165) is 35.8 Å². The van der Waals surface area contributed by atoms with Crippen molar-refractivity contribution in [3.05, 3.63) is 29.5 Å². The molecule has 0 atom stereocenters. The molecule has 0 aliphatic carbocycles. The molecule has 0 saturated heterocycles. The molecular weight excluding hydrogens is 216 g/mol. The van der Waals surface area contributed by atoms with E-state index >= 15 is 0 Å². The molecule has 1 aliphatic heterocycles. The molecule has 1 N–H and O–H groups in total. The summed E-state index contributed by atoms with van der Waals surface area (Å²) in [5.41, 5.74) is 3.22. The number of hydrogen-bond acceptors (Lipinski definition) is 4. The van der Waals surface area contributed by atoms with E-state index in [0.29, 0.717) is 6.01 Å². The lowest BCUT2D eigenvalue weighted by Crippen LogP contribution is -1.87. The maximum absolute atomic E-state index is 5.49. The molecule has 0 radical (unpaired) electrons. The summed E-state index contributed by atoms with van der Waals surface area (Å²) in [6.07, 6.45) is 0.971. The molecule has 88 valence electrons. The van der Waals surface area contributed by atoms with Crippen LogP contribution in [0.2, 0.25) is 0 Å². The second-order valence-electron chi connectivity index (χ2n) is 4.09. The van der Waals surface area contributed by atoms with Gasteiger partial charge in [0, 0.05) is 19.0 Å². The topological polar surface area (TPSA) is 47.3 Å². The number of ether oxygens (including phenoxy) is 1. The zero-order valence-corrected chi connectivity index (χ0v) is 9.91. The molecule has 4 nitrogen and oxygen atoms in total. The van der Waals surface area contributed by atoms with Gasteiger partial charge in [-0.15, -0.1) is 0 Å². The molecular formula is C13H14N2O2. The van der Waals surface area contributed by atoms with Crippen molar-refractivity contribution in [3.63, 3.8) is 0 Å². The molecule has 0 bridgehead atoms. The van der Waals surface area contributed by atoms with Gasteiger partial charge in [0.25, 0.3) is 6.01 Å². The predicted octanol–water partition coefficient (Wildman–Crippen LogP) is 2.63. The molecule has 3 rings (SSSR count). The normalized spacial score (nSPS) is 13.3. The molecule has 1 aliphatic rings. The first kappa shape index (κ1) is 10.2. The lowest BCUT2D eigenvalue weighted by atomic mass is 10.1. The number of rotatable bonds is 2. The van der Waals surface area contributed by atoms with Crippen molar-refractivity contribution in [2.24, 2.45) is 0 Å². The SMILES string of the molecule is CNc1nc(-c2ccc3c(c2)CCO3)c(C)o1. The Morgan fingerprint density at radius 2 is 2.24 bits per heavy atom. The van der Waals surface area contributed by atoms with Crippen molar-refractivity contribution in [1.29, 1.82) is 0 Å². The molecule has 0 fully saturated rings. The van der Waals surface area contributed by atoms with Crippen LogP contribution in [-0.4, -0.2) is 18.6 Å². The van der Waals surface area contributed by atoms with E-state index in [1.807, 2.05) is 19.1 Å². The number of aromatic nitrogens is 1. The third-order valence-electron chi connectivity index (χ3n) is 2.97. The predicted molar refractivity (Wildman–Crippen MR) is 65.4 cm³/mol. The van der Waals surface area contributed by atoms with Gasteiger partial charge >= 0.3 is 0 Å². The maximum Gasteiger partial charge on any atom is 0.295 e. The number of nitrogens with zero attached hydrogens (tertiary/aromatic N) is 1. The van der Waals surface area contributed by atoms with Crippen molar-refractivity contribution < 1.29 is 9.15 Å². The molecule has 2 aromatic rings. The largest absolute Gasteiger partial charge is 0.493 e. The molecule has 17 heavy (non-hydrogen) atoms. The summed E-state index contributed by atoms with van der Waals surface area (Å²) in [6, 6.07) is 6.71. The van der Waals surface area contributed by atoms with Crippen molar-refractivity contribution in [3.8, 4) is 17.0 Å². The third-order valence-corrected chi connectivity index (χ3v) is 2.97. The second kappa shape index (κ2) is 3.80. The van der Waals surface area contributed by atoms with Gasteiger partial charge in [-0.25, -0.2) is 0 Å². The van der Waals surface area contributed by atoms with Gasteiger partial charge in [0.1, 0.15) is 17.2 Å². The average molecular weight is 230 g/mol. The van der Waals surface area contributed by atoms with Crippen LogP contribution >= 0.6 is 0 Å². The number of anilines is 1. The Morgan fingerprint density at radius 3 is 3.00 bits per heavy atom. The van der Waals surface area contributed by atoms with Crippen molar-refractivity contribution in [1.82, 2.24) is 4.98 Å². The Kier molecular flexibility index (Phi) is 2.28.